The lowest BCUT2D eigenvalue weighted by Gasteiger charge is -2.32. The van der Waals surface area contributed by atoms with Gasteiger partial charge in [0.2, 0.25) is 5.91 Å². The van der Waals surface area contributed by atoms with Crippen LogP contribution in [-0.2, 0) is 16.1 Å². The van der Waals surface area contributed by atoms with Gasteiger partial charge in [-0.1, -0.05) is 30.3 Å². The van der Waals surface area contributed by atoms with Gasteiger partial charge in [-0.25, -0.2) is 4.98 Å². The van der Waals surface area contributed by atoms with Crippen LogP contribution in [0.2, 0.25) is 0 Å². The van der Waals surface area contributed by atoms with Gasteiger partial charge in [-0.2, -0.15) is 5.10 Å². The molecule has 0 spiro atoms. The first-order valence-corrected chi connectivity index (χ1v) is 8.70. The molecule has 1 aliphatic rings. The SMILES string of the molecule is CCN(Cc1ccccc1)C(=O)CN1CCO[C@H](c2n[nH]c(C)n2)C1. The number of carbonyl (C=O) groups excluding carboxylic acids is 1. The van der Waals surface area contributed by atoms with Gasteiger partial charge in [-0.05, 0) is 19.4 Å². The summed E-state index contributed by atoms with van der Waals surface area (Å²) in [4.78, 5) is 21.0. The molecule has 3 rings (SSSR count). The van der Waals surface area contributed by atoms with Crippen molar-refractivity contribution >= 4 is 5.91 Å². The third-order valence-electron chi connectivity index (χ3n) is 4.36. The topological polar surface area (TPSA) is 74.3 Å². The third-order valence-corrected chi connectivity index (χ3v) is 4.36. The van der Waals surface area contributed by atoms with Crippen molar-refractivity contribution in [2.75, 3.05) is 32.8 Å². The van der Waals surface area contributed by atoms with Crippen LogP contribution in [0, 0.1) is 6.92 Å². The van der Waals surface area contributed by atoms with Crippen molar-refractivity contribution in [3.05, 3.63) is 47.5 Å². The first-order valence-electron chi connectivity index (χ1n) is 8.70. The lowest BCUT2D eigenvalue weighted by molar-refractivity contribution is -0.135. The summed E-state index contributed by atoms with van der Waals surface area (Å²) in [6, 6.07) is 10.1. The summed E-state index contributed by atoms with van der Waals surface area (Å²) in [5.41, 5.74) is 1.15. The Hall–Kier alpha value is -2.25. The number of aromatic amines is 1. The summed E-state index contributed by atoms with van der Waals surface area (Å²) in [5.74, 6) is 1.57. The highest BCUT2D eigenvalue weighted by Crippen LogP contribution is 2.19. The van der Waals surface area contributed by atoms with E-state index in [9.17, 15) is 4.79 Å². The Balaban J connectivity index is 1.57. The Kier molecular flexibility index (Phi) is 5.78. The predicted molar refractivity (Wildman–Crippen MR) is 93.8 cm³/mol. The fraction of sp³-hybridized carbons (Fsp3) is 0.500. The molecular weight excluding hydrogens is 318 g/mol. The molecule has 7 heteroatoms. The molecule has 7 nitrogen and oxygen atoms in total. The zero-order valence-electron chi connectivity index (χ0n) is 14.8. The number of H-pyrrole nitrogens is 1. The number of amides is 1. The lowest BCUT2D eigenvalue weighted by Crippen LogP contribution is -2.45. The molecular formula is C18H25N5O2. The van der Waals surface area contributed by atoms with Crippen LogP contribution in [0.25, 0.3) is 0 Å². The maximum atomic E-state index is 12.7. The fourth-order valence-electron chi connectivity index (χ4n) is 2.98. The monoisotopic (exact) mass is 343 g/mol. The molecule has 2 heterocycles. The highest BCUT2D eigenvalue weighted by atomic mass is 16.5. The second-order valence-electron chi connectivity index (χ2n) is 6.27. The van der Waals surface area contributed by atoms with Gasteiger partial charge in [-0.3, -0.25) is 14.8 Å². The number of ether oxygens (including phenoxy) is 1. The molecule has 0 radical (unpaired) electrons. The van der Waals surface area contributed by atoms with Crippen LogP contribution in [0.5, 0.6) is 0 Å². The summed E-state index contributed by atoms with van der Waals surface area (Å²) < 4.78 is 5.76. The number of likely N-dealkylation sites (N-methyl/N-ethyl adjacent to an activating group) is 1. The first-order chi connectivity index (χ1) is 12.2. The Morgan fingerprint density at radius 2 is 2.20 bits per heavy atom. The van der Waals surface area contributed by atoms with Gasteiger partial charge in [0.25, 0.3) is 0 Å². The highest BCUT2D eigenvalue weighted by Gasteiger charge is 2.27. The van der Waals surface area contributed by atoms with E-state index in [2.05, 4.69) is 20.1 Å². The van der Waals surface area contributed by atoms with E-state index < -0.39 is 0 Å². The molecule has 1 aromatic carbocycles. The minimum absolute atomic E-state index is 0.137. The van der Waals surface area contributed by atoms with Gasteiger partial charge in [-0.15, -0.1) is 0 Å². The minimum Gasteiger partial charge on any atom is -0.367 e. The van der Waals surface area contributed by atoms with Crippen molar-refractivity contribution in [2.45, 2.75) is 26.5 Å². The number of nitrogens with zero attached hydrogens (tertiary/aromatic N) is 4. The summed E-state index contributed by atoms with van der Waals surface area (Å²) >= 11 is 0. The third kappa shape index (κ3) is 4.64. The molecule has 0 unspecified atom stereocenters. The van der Waals surface area contributed by atoms with Gasteiger partial charge in [0, 0.05) is 26.2 Å². The Morgan fingerprint density at radius 3 is 2.88 bits per heavy atom. The van der Waals surface area contributed by atoms with Gasteiger partial charge in [0.15, 0.2) is 5.82 Å². The zero-order chi connectivity index (χ0) is 17.6. The van der Waals surface area contributed by atoms with Gasteiger partial charge in [0.1, 0.15) is 11.9 Å². The smallest absolute Gasteiger partial charge is 0.237 e. The van der Waals surface area contributed by atoms with E-state index in [1.54, 1.807) is 0 Å². The van der Waals surface area contributed by atoms with Crippen molar-refractivity contribution in [3.8, 4) is 0 Å². The normalized spacial score (nSPS) is 18.2. The van der Waals surface area contributed by atoms with Crippen molar-refractivity contribution in [1.29, 1.82) is 0 Å². The Bertz CT molecular complexity index is 688. The number of benzene rings is 1. The largest absolute Gasteiger partial charge is 0.367 e. The number of hydrogen-bond donors (Lipinski definition) is 1. The summed E-state index contributed by atoms with van der Waals surface area (Å²) in [7, 11) is 0. The van der Waals surface area contributed by atoms with E-state index in [1.807, 2.05) is 49.1 Å². The standard InChI is InChI=1S/C18H25N5O2/c1-3-23(11-15-7-5-4-6-8-15)17(24)13-22-9-10-25-16(12-22)18-19-14(2)20-21-18/h4-8,16H,3,9-13H2,1-2H3,(H,19,20,21)/t16-/m0/s1. The average molecular weight is 343 g/mol. The van der Waals surface area contributed by atoms with Crippen LogP contribution in [0.4, 0.5) is 0 Å². The van der Waals surface area contributed by atoms with Crippen molar-refractivity contribution < 1.29 is 9.53 Å². The number of nitrogens with one attached hydrogen (secondary N) is 1. The molecule has 1 amide bonds. The molecule has 25 heavy (non-hydrogen) atoms. The van der Waals surface area contributed by atoms with E-state index >= 15 is 0 Å². The molecule has 134 valence electrons. The van der Waals surface area contributed by atoms with Crippen LogP contribution in [0.15, 0.2) is 30.3 Å². The number of carbonyl (C=O) groups is 1. The predicted octanol–water partition coefficient (Wildman–Crippen LogP) is 1.54. The molecule has 0 aliphatic carbocycles. The van der Waals surface area contributed by atoms with E-state index in [0.717, 1.165) is 17.9 Å². The average Bonchev–Trinajstić information content (AvgIpc) is 3.07. The first kappa shape index (κ1) is 17.6. The van der Waals surface area contributed by atoms with Crippen molar-refractivity contribution in [3.63, 3.8) is 0 Å². The van der Waals surface area contributed by atoms with Crippen LogP contribution in [0.3, 0.4) is 0 Å². The second-order valence-corrected chi connectivity index (χ2v) is 6.27. The molecule has 2 aromatic rings. The maximum absolute atomic E-state index is 12.7. The molecule has 0 bridgehead atoms. The second kappa shape index (κ2) is 8.22. The van der Waals surface area contributed by atoms with Gasteiger partial charge >= 0.3 is 0 Å². The highest BCUT2D eigenvalue weighted by molar-refractivity contribution is 5.78. The molecule has 1 aliphatic heterocycles. The summed E-state index contributed by atoms with van der Waals surface area (Å²) in [6.45, 7) is 7.56. The fourth-order valence-corrected chi connectivity index (χ4v) is 2.98. The number of hydrogen-bond acceptors (Lipinski definition) is 5. The van der Waals surface area contributed by atoms with Crippen LogP contribution < -0.4 is 0 Å². The number of aromatic nitrogens is 3. The Labute approximate surface area is 148 Å². The molecule has 0 saturated carbocycles. The quantitative estimate of drug-likeness (QED) is 0.861. The van der Waals surface area contributed by atoms with E-state index in [1.165, 1.54) is 0 Å². The van der Waals surface area contributed by atoms with Gasteiger partial charge in [0.05, 0.1) is 13.2 Å². The molecule has 1 fully saturated rings. The molecule has 1 saturated heterocycles. The zero-order valence-corrected chi connectivity index (χ0v) is 14.8. The molecule has 1 atom stereocenters. The summed E-state index contributed by atoms with van der Waals surface area (Å²) in [5, 5.41) is 7.02. The number of aryl methyl sites for hydroxylation is 1. The Morgan fingerprint density at radius 1 is 1.40 bits per heavy atom. The number of rotatable bonds is 6. The molecule has 1 N–H and O–H groups in total. The van der Waals surface area contributed by atoms with Crippen molar-refractivity contribution in [1.82, 2.24) is 25.0 Å². The van der Waals surface area contributed by atoms with Gasteiger partial charge < -0.3 is 9.64 Å². The van der Waals surface area contributed by atoms with E-state index in [0.29, 0.717) is 38.6 Å². The lowest BCUT2D eigenvalue weighted by atomic mass is 10.2. The van der Waals surface area contributed by atoms with E-state index in [-0.39, 0.29) is 12.0 Å². The minimum atomic E-state index is -0.185. The van der Waals surface area contributed by atoms with Crippen LogP contribution >= 0.6 is 0 Å². The molecule has 1 aromatic heterocycles. The summed E-state index contributed by atoms with van der Waals surface area (Å²) in [6.07, 6.45) is -0.185. The van der Waals surface area contributed by atoms with E-state index in [4.69, 9.17) is 4.74 Å². The number of morpholine rings is 1. The van der Waals surface area contributed by atoms with Crippen LogP contribution in [0.1, 0.15) is 30.2 Å². The van der Waals surface area contributed by atoms with Crippen LogP contribution in [-0.4, -0.2) is 63.7 Å². The maximum Gasteiger partial charge on any atom is 0.237 e. The van der Waals surface area contributed by atoms with Crippen molar-refractivity contribution in [2.24, 2.45) is 0 Å².